The highest BCUT2D eigenvalue weighted by atomic mass is 32.2. The molecule has 0 unspecified atom stereocenters. The van der Waals surface area contributed by atoms with E-state index in [2.05, 4.69) is 15.3 Å². The molecule has 0 aromatic carbocycles. The number of aliphatic carboxylic acids is 1. The first-order chi connectivity index (χ1) is 6.89. The molecule has 0 aliphatic rings. The number of carboxylic acid groups (broad SMARTS) is 1. The van der Waals surface area contributed by atoms with Gasteiger partial charge in [0.2, 0.25) is 0 Å². The molecule has 1 N–H and O–H groups in total. The molecule has 0 amide bonds. The Morgan fingerprint density at radius 3 is 2.67 bits per heavy atom. The molecule has 0 aromatic rings. The van der Waals surface area contributed by atoms with Gasteiger partial charge in [0.05, 0.1) is 11.1 Å². The molecular weight excluding hydrogens is 226 g/mol. The second-order valence-electron chi connectivity index (χ2n) is 2.43. The van der Waals surface area contributed by atoms with Crippen LogP contribution in [0.1, 0.15) is 12.8 Å². The second kappa shape index (κ2) is 6.02. The number of hydrogen-bond donors (Lipinski definition) is 1. The van der Waals surface area contributed by atoms with E-state index >= 15 is 0 Å². The van der Waals surface area contributed by atoms with Gasteiger partial charge in [-0.3, -0.25) is 4.18 Å². The average molecular weight is 235 g/mol. The fourth-order valence-corrected chi connectivity index (χ4v) is 1.09. The number of carboxylic acids is 1. The Morgan fingerprint density at radius 2 is 2.20 bits per heavy atom. The van der Waals surface area contributed by atoms with E-state index in [0.29, 0.717) is 0 Å². The molecule has 0 atom stereocenters. The molecule has 0 radical (unpaired) electrons. The minimum absolute atomic E-state index is 0.0419. The van der Waals surface area contributed by atoms with Crippen molar-refractivity contribution in [3.8, 4) is 0 Å². The summed E-state index contributed by atoms with van der Waals surface area (Å²) in [7, 11) is -4.22. The van der Waals surface area contributed by atoms with Crippen LogP contribution in [-0.2, 0) is 19.3 Å². The van der Waals surface area contributed by atoms with Gasteiger partial charge in [-0.25, -0.2) is 4.79 Å². The summed E-state index contributed by atoms with van der Waals surface area (Å²) in [5.74, 6) is -1.15. The summed E-state index contributed by atoms with van der Waals surface area (Å²) in [6.07, 6.45) is 0.256. The van der Waals surface area contributed by atoms with Crippen molar-refractivity contribution in [1.29, 1.82) is 0 Å². The molecule has 0 bridgehead atoms. The fourth-order valence-electron chi connectivity index (χ4n) is 0.625. The number of azide groups is 1. The normalized spacial score (nSPS) is 10.4. The van der Waals surface area contributed by atoms with Crippen molar-refractivity contribution in [1.82, 2.24) is 0 Å². The summed E-state index contributed by atoms with van der Waals surface area (Å²) in [5, 5.41) is 8.40. The van der Waals surface area contributed by atoms with Crippen LogP contribution < -0.4 is 0 Å². The van der Waals surface area contributed by atoms with Crippen LogP contribution in [0.5, 0.6) is 0 Å². The first-order valence-corrected chi connectivity index (χ1v) is 5.12. The predicted octanol–water partition coefficient (Wildman–Crippen LogP) is 0.979. The van der Waals surface area contributed by atoms with E-state index in [0.717, 1.165) is 0 Å². The monoisotopic (exact) mass is 235 g/mol. The van der Waals surface area contributed by atoms with Crippen molar-refractivity contribution in [3.63, 3.8) is 0 Å². The number of rotatable bonds is 7. The minimum Gasteiger partial charge on any atom is -0.478 e. The zero-order chi connectivity index (χ0) is 11.9. The maximum Gasteiger partial charge on any atom is 0.358 e. The number of hydrogen-bond acceptors (Lipinski definition) is 4. The van der Waals surface area contributed by atoms with E-state index in [4.69, 9.17) is 10.6 Å². The summed E-state index contributed by atoms with van der Waals surface area (Å²) in [4.78, 5) is 12.3. The van der Waals surface area contributed by atoms with Crippen LogP contribution in [0.15, 0.2) is 16.7 Å². The zero-order valence-corrected chi connectivity index (χ0v) is 8.48. The van der Waals surface area contributed by atoms with E-state index in [1.807, 2.05) is 4.91 Å². The van der Waals surface area contributed by atoms with Crippen molar-refractivity contribution in [2.75, 3.05) is 6.61 Å². The topological polar surface area (TPSA) is 129 Å². The SMILES string of the molecule is C=C(CCCOS(=O)(=O)N=[N+]=[N-])C(=O)O. The molecule has 0 rings (SSSR count). The Bertz CT molecular complexity index is 395. The zero-order valence-electron chi connectivity index (χ0n) is 7.66. The van der Waals surface area contributed by atoms with Crippen molar-refractivity contribution in [2.24, 2.45) is 4.52 Å². The van der Waals surface area contributed by atoms with Gasteiger partial charge in [-0.05, 0) is 18.4 Å². The van der Waals surface area contributed by atoms with Crippen LogP contribution in [0.4, 0.5) is 0 Å². The van der Waals surface area contributed by atoms with Crippen LogP contribution >= 0.6 is 0 Å². The van der Waals surface area contributed by atoms with E-state index in [1.165, 1.54) is 0 Å². The molecule has 0 heterocycles. The molecule has 0 saturated heterocycles. The van der Waals surface area contributed by atoms with Crippen LogP contribution in [0, 0.1) is 0 Å². The third-order valence-electron chi connectivity index (χ3n) is 1.29. The van der Waals surface area contributed by atoms with Crippen molar-refractivity contribution in [3.05, 3.63) is 22.6 Å². The lowest BCUT2D eigenvalue weighted by Crippen LogP contribution is -2.05. The van der Waals surface area contributed by atoms with Crippen molar-refractivity contribution in [2.45, 2.75) is 12.8 Å². The molecule has 0 aliphatic carbocycles. The van der Waals surface area contributed by atoms with Gasteiger partial charge in [-0.2, -0.15) is 8.42 Å². The molecule has 8 nitrogen and oxygen atoms in total. The van der Waals surface area contributed by atoms with Crippen LogP contribution in [0.3, 0.4) is 0 Å². The lowest BCUT2D eigenvalue weighted by Gasteiger charge is -2.00. The van der Waals surface area contributed by atoms with Gasteiger partial charge in [0, 0.05) is 10.5 Å². The predicted molar refractivity (Wildman–Crippen MR) is 50.0 cm³/mol. The Hall–Kier alpha value is -1.57. The minimum atomic E-state index is -4.22. The first-order valence-electron chi connectivity index (χ1n) is 3.76. The van der Waals surface area contributed by atoms with Crippen molar-refractivity contribution < 1.29 is 22.5 Å². The van der Waals surface area contributed by atoms with Gasteiger partial charge >= 0.3 is 16.3 Å². The van der Waals surface area contributed by atoms with Gasteiger partial charge in [-0.1, -0.05) is 6.58 Å². The fraction of sp³-hybridized carbons (Fsp3) is 0.500. The summed E-state index contributed by atoms with van der Waals surface area (Å²) in [5.41, 5.74) is 7.78. The van der Waals surface area contributed by atoms with Crippen LogP contribution in [0.2, 0.25) is 0 Å². The molecule has 15 heavy (non-hydrogen) atoms. The van der Waals surface area contributed by atoms with E-state index in [1.54, 1.807) is 0 Å². The van der Waals surface area contributed by atoms with Gasteiger partial charge in [0.1, 0.15) is 0 Å². The average Bonchev–Trinajstić information content (AvgIpc) is 2.11. The lowest BCUT2D eigenvalue weighted by molar-refractivity contribution is -0.132. The standard InChI is InChI=1S/C6H9N3O5S/c1-5(6(10)11)3-2-4-14-15(12,13)9-8-7/h1-4H2,(H,10,11). The Balaban J connectivity index is 3.87. The molecule has 0 aliphatic heterocycles. The smallest absolute Gasteiger partial charge is 0.358 e. The molecule has 84 valence electrons. The number of carbonyl (C=O) groups is 1. The van der Waals surface area contributed by atoms with Crippen LogP contribution in [-0.4, -0.2) is 26.1 Å². The van der Waals surface area contributed by atoms with Gasteiger partial charge in [-0.15, -0.1) is 0 Å². The Labute approximate surface area is 86.0 Å². The largest absolute Gasteiger partial charge is 0.478 e. The highest BCUT2D eigenvalue weighted by molar-refractivity contribution is 7.85. The maximum absolute atomic E-state index is 10.6. The quantitative estimate of drug-likeness (QED) is 0.231. The molecule has 0 saturated carbocycles. The molecular formula is C6H9N3O5S. The van der Waals surface area contributed by atoms with E-state index < -0.39 is 16.3 Å². The summed E-state index contributed by atoms with van der Waals surface area (Å²) in [6, 6.07) is 0. The summed E-state index contributed by atoms with van der Waals surface area (Å²) >= 11 is 0. The Morgan fingerprint density at radius 1 is 1.60 bits per heavy atom. The van der Waals surface area contributed by atoms with E-state index in [-0.39, 0.29) is 25.0 Å². The third-order valence-corrected chi connectivity index (χ3v) is 2.03. The van der Waals surface area contributed by atoms with Crippen molar-refractivity contribution >= 4 is 16.3 Å². The second-order valence-corrected chi connectivity index (χ2v) is 3.69. The van der Waals surface area contributed by atoms with Gasteiger partial charge in [0.25, 0.3) is 0 Å². The van der Waals surface area contributed by atoms with E-state index in [9.17, 15) is 13.2 Å². The Kier molecular flexibility index (Phi) is 5.39. The summed E-state index contributed by atoms with van der Waals surface area (Å²) < 4.78 is 27.9. The summed E-state index contributed by atoms with van der Waals surface area (Å²) in [6.45, 7) is 2.98. The molecule has 0 aromatic heterocycles. The molecule has 0 fully saturated rings. The molecule has 9 heteroatoms. The highest BCUT2D eigenvalue weighted by Gasteiger charge is 2.08. The van der Waals surface area contributed by atoms with Gasteiger partial charge < -0.3 is 5.11 Å². The highest BCUT2D eigenvalue weighted by Crippen LogP contribution is 2.04. The lowest BCUT2D eigenvalue weighted by atomic mass is 10.2. The van der Waals surface area contributed by atoms with Gasteiger partial charge in [0.15, 0.2) is 0 Å². The van der Waals surface area contributed by atoms with Crippen LogP contribution in [0.25, 0.3) is 10.4 Å². The molecule has 0 spiro atoms. The maximum atomic E-state index is 10.6. The number of nitrogens with zero attached hydrogens (tertiary/aromatic N) is 3. The third kappa shape index (κ3) is 6.49. The first kappa shape index (κ1) is 13.4.